The Hall–Kier alpha value is -2.10. The minimum atomic E-state index is 0.404. The van der Waals surface area contributed by atoms with Gasteiger partial charge < -0.3 is 10.1 Å². The molecule has 0 aliphatic rings. The second-order valence-electron chi connectivity index (χ2n) is 5.36. The number of hydrogen-bond acceptors (Lipinski definition) is 4. The summed E-state index contributed by atoms with van der Waals surface area (Å²) in [5.74, 6) is 3.34. The topological polar surface area (TPSA) is 47.0 Å². The summed E-state index contributed by atoms with van der Waals surface area (Å²) in [7, 11) is 0. The van der Waals surface area contributed by atoms with Crippen molar-refractivity contribution in [3.05, 3.63) is 41.7 Å². The summed E-state index contributed by atoms with van der Waals surface area (Å²) in [6.07, 6.45) is 1.05. The van der Waals surface area contributed by atoms with Gasteiger partial charge in [-0.3, -0.25) is 0 Å². The van der Waals surface area contributed by atoms with Crippen LogP contribution in [0.4, 0.5) is 5.82 Å². The van der Waals surface area contributed by atoms with E-state index in [1.807, 2.05) is 31.2 Å². The van der Waals surface area contributed by atoms with Gasteiger partial charge in [-0.25, -0.2) is 4.98 Å². The Morgan fingerprint density at radius 3 is 2.67 bits per heavy atom. The van der Waals surface area contributed by atoms with Crippen LogP contribution in [0.25, 0.3) is 0 Å². The Morgan fingerprint density at radius 2 is 1.95 bits per heavy atom. The number of aromatic nitrogens is 2. The molecule has 2 aromatic rings. The van der Waals surface area contributed by atoms with Gasteiger partial charge in [0.25, 0.3) is 0 Å². The van der Waals surface area contributed by atoms with Gasteiger partial charge in [0.05, 0.1) is 0 Å². The summed E-state index contributed by atoms with van der Waals surface area (Å²) in [6.45, 7) is 9.19. The minimum absolute atomic E-state index is 0.404. The maximum Gasteiger partial charge on any atom is 0.224 e. The van der Waals surface area contributed by atoms with Crippen LogP contribution in [0.5, 0.6) is 11.6 Å². The molecule has 1 aromatic heterocycles. The first-order valence-corrected chi connectivity index (χ1v) is 7.46. The Kier molecular flexibility index (Phi) is 5.14. The van der Waals surface area contributed by atoms with Crippen molar-refractivity contribution in [2.45, 2.75) is 40.0 Å². The normalized spacial score (nSPS) is 10.7. The number of benzene rings is 1. The average molecular weight is 285 g/mol. The molecule has 1 heterocycles. The van der Waals surface area contributed by atoms with Gasteiger partial charge in [0.2, 0.25) is 5.88 Å². The number of anilines is 1. The number of hydrogen-bond donors (Lipinski definition) is 1. The van der Waals surface area contributed by atoms with E-state index in [1.54, 1.807) is 0 Å². The monoisotopic (exact) mass is 285 g/mol. The SMILES string of the molecule is CCCNc1cc(Oc2ccccc2C(C)C)nc(C)n1. The quantitative estimate of drug-likeness (QED) is 0.847. The lowest BCUT2D eigenvalue weighted by atomic mass is 10.0. The van der Waals surface area contributed by atoms with Crippen molar-refractivity contribution in [1.29, 1.82) is 0 Å². The zero-order valence-corrected chi connectivity index (χ0v) is 13.2. The third-order valence-electron chi connectivity index (χ3n) is 3.13. The van der Waals surface area contributed by atoms with Crippen molar-refractivity contribution in [3.63, 3.8) is 0 Å². The molecule has 0 saturated carbocycles. The summed E-state index contributed by atoms with van der Waals surface area (Å²) < 4.78 is 5.98. The maximum atomic E-state index is 5.98. The lowest BCUT2D eigenvalue weighted by Crippen LogP contribution is -2.04. The molecule has 0 saturated heterocycles. The van der Waals surface area contributed by atoms with Gasteiger partial charge in [0, 0.05) is 12.6 Å². The van der Waals surface area contributed by atoms with Crippen molar-refractivity contribution >= 4 is 5.82 Å². The van der Waals surface area contributed by atoms with Gasteiger partial charge in [-0.2, -0.15) is 4.98 Å². The molecule has 112 valence electrons. The van der Waals surface area contributed by atoms with E-state index in [0.717, 1.165) is 24.5 Å². The second-order valence-corrected chi connectivity index (χ2v) is 5.36. The molecule has 21 heavy (non-hydrogen) atoms. The summed E-state index contributed by atoms with van der Waals surface area (Å²) in [4.78, 5) is 8.73. The van der Waals surface area contributed by atoms with Gasteiger partial charge in [-0.05, 0) is 30.9 Å². The molecule has 0 aliphatic heterocycles. The zero-order chi connectivity index (χ0) is 15.2. The third kappa shape index (κ3) is 4.18. The lowest BCUT2D eigenvalue weighted by Gasteiger charge is -2.14. The molecule has 4 nitrogen and oxygen atoms in total. The van der Waals surface area contributed by atoms with E-state index in [2.05, 4.69) is 42.1 Å². The first-order valence-electron chi connectivity index (χ1n) is 7.46. The van der Waals surface area contributed by atoms with Crippen LogP contribution in [-0.2, 0) is 0 Å². The fourth-order valence-electron chi connectivity index (χ4n) is 2.10. The molecular formula is C17H23N3O. The number of rotatable bonds is 6. The molecule has 0 aliphatic carbocycles. The van der Waals surface area contributed by atoms with Gasteiger partial charge >= 0.3 is 0 Å². The van der Waals surface area contributed by atoms with Crippen molar-refractivity contribution in [1.82, 2.24) is 9.97 Å². The molecule has 0 amide bonds. The van der Waals surface area contributed by atoms with Crippen molar-refractivity contribution in [2.75, 3.05) is 11.9 Å². The Morgan fingerprint density at radius 1 is 1.19 bits per heavy atom. The first-order chi connectivity index (χ1) is 10.1. The number of aryl methyl sites for hydroxylation is 1. The van der Waals surface area contributed by atoms with E-state index in [9.17, 15) is 0 Å². The first kappa shape index (κ1) is 15.3. The van der Waals surface area contributed by atoms with E-state index in [1.165, 1.54) is 5.56 Å². The Balaban J connectivity index is 2.25. The van der Waals surface area contributed by atoms with Crippen molar-refractivity contribution < 1.29 is 4.74 Å². The minimum Gasteiger partial charge on any atom is -0.439 e. The Bertz CT molecular complexity index is 596. The highest BCUT2D eigenvalue weighted by Crippen LogP contribution is 2.30. The van der Waals surface area contributed by atoms with Crippen LogP contribution >= 0.6 is 0 Å². The largest absolute Gasteiger partial charge is 0.439 e. The molecule has 0 radical (unpaired) electrons. The van der Waals surface area contributed by atoms with Crippen LogP contribution in [-0.4, -0.2) is 16.5 Å². The number of para-hydroxylation sites is 1. The van der Waals surface area contributed by atoms with E-state index in [4.69, 9.17) is 4.74 Å². The van der Waals surface area contributed by atoms with Crippen LogP contribution in [0.1, 0.15) is 44.5 Å². The van der Waals surface area contributed by atoms with Crippen LogP contribution < -0.4 is 10.1 Å². The Labute approximate surface area is 126 Å². The van der Waals surface area contributed by atoms with Crippen LogP contribution in [0.3, 0.4) is 0 Å². The molecule has 4 heteroatoms. The molecule has 1 N–H and O–H groups in total. The van der Waals surface area contributed by atoms with Gasteiger partial charge in [0.1, 0.15) is 17.4 Å². The maximum absolute atomic E-state index is 5.98. The van der Waals surface area contributed by atoms with Gasteiger partial charge in [-0.1, -0.05) is 39.0 Å². The molecular weight excluding hydrogens is 262 g/mol. The highest BCUT2D eigenvalue weighted by molar-refractivity contribution is 5.42. The number of nitrogens with zero attached hydrogens (tertiary/aromatic N) is 2. The van der Waals surface area contributed by atoms with Crippen LogP contribution in [0.2, 0.25) is 0 Å². The van der Waals surface area contributed by atoms with Gasteiger partial charge in [0.15, 0.2) is 0 Å². The van der Waals surface area contributed by atoms with E-state index in [0.29, 0.717) is 17.6 Å². The fraction of sp³-hybridized carbons (Fsp3) is 0.412. The number of ether oxygens (including phenoxy) is 1. The highest BCUT2D eigenvalue weighted by Gasteiger charge is 2.10. The van der Waals surface area contributed by atoms with Crippen molar-refractivity contribution in [2.24, 2.45) is 0 Å². The van der Waals surface area contributed by atoms with Crippen molar-refractivity contribution in [3.8, 4) is 11.6 Å². The smallest absolute Gasteiger partial charge is 0.224 e. The molecule has 0 unspecified atom stereocenters. The molecule has 2 rings (SSSR count). The summed E-state index contributed by atoms with van der Waals surface area (Å²) in [5.41, 5.74) is 1.18. The third-order valence-corrected chi connectivity index (χ3v) is 3.13. The van der Waals surface area contributed by atoms with E-state index in [-0.39, 0.29) is 0 Å². The molecule has 0 bridgehead atoms. The summed E-state index contributed by atoms with van der Waals surface area (Å²) in [6, 6.07) is 9.92. The predicted molar refractivity (Wildman–Crippen MR) is 86.2 cm³/mol. The summed E-state index contributed by atoms with van der Waals surface area (Å²) in [5, 5.41) is 3.27. The summed E-state index contributed by atoms with van der Waals surface area (Å²) >= 11 is 0. The van der Waals surface area contributed by atoms with Gasteiger partial charge in [-0.15, -0.1) is 0 Å². The second kappa shape index (κ2) is 7.07. The van der Waals surface area contributed by atoms with E-state index >= 15 is 0 Å². The zero-order valence-electron chi connectivity index (χ0n) is 13.2. The van der Waals surface area contributed by atoms with E-state index < -0.39 is 0 Å². The average Bonchev–Trinajstić information content (AvgIpc) is 2.45. The van der Waals surface area contributed by atoms with Crippen LogP contribution in [0.15, 0.2) is 30.3 Å². The number of nitrogens with one attached hydrogen (secondary N) is 1. The predicted octanol–water partition coefficient (Wildman–Crippen LogP) is 4.52. The molecule has 0 fully saturated rings. The molecule has 1 aromatic carbocycles. The molecule has 0 spiro atoms. The molecule has 0 atom stereocenters. The standard InChI is InChI=1S/C17H23N3O/c1-5-10-18-16-11-17(20-13(4)19-16)21-15-9-7-6-8-14(15)12(2)3/h6-9,11-12H,5,10H2,1-4H3,(H,18,19,20). The fourth-order valence-corrected chi connectivity index (χ4v) is 2.10. The highest BCUT2D eigenvalue weighted by atomic mass is 16.5. The lowest BCUT2D eigenvalue weighted by molar-refractivity contribution is 0.452. The van der Waals surface area contributed by atoms with Crippen LogP contribution in [0, 0.1) is 6.92 Å².